The van der Waals surface area contributed by atoms with E-state index in [2.05, 4.69) is 15.9 Å². The molecule has 0 unspecified atom stereocenters. The van der Waals surface area contributed by atoms with E-state index in [4.69, 9.17) is 5.14 Å². The molecule has 12 heavy (non-hydrogen) atoms. The van der Waals surface area contributed by atoms with Gasteiger partial charge in [0.1, 0.15) is 0 Å². The molecule has 0 aliphatic rings. The van der Waals surface area contributed by atoms with Gasteiger partial charge in [0.15, 0.2) is 0 Å². The Morgan fingerprint density at radius 1 is 1.17 bits per heavy atom. The van der Waals surface area contributed by atoms with Crippen molar-refractivity contribution >= 4 is 26.0 Å². The number of rotatable bonds is 1. The number of sulfonamides is 1. The van der Waals surface area contributed by atoms with E-state index in [1.165, 1.54) is 12.1 Å². The first-order chi connectivity index (χ1) is 5.00. The van der Waals surface area contributed by atoms with Gasteiger partial charge >= 0.3 is 29.6 Å². The molecule has 0 amide bonds. The molecular formula is C6H5BrNNaO2S. The molecular weight excluding hydrogens is 253 g/mol. The average molecular weight is 258 g/mol. The minimum absolute atomic E-state index is 0. The van der Waals surface area contributed by atoms with Crippen molar-refractivity contribution < 1.29 is 38.0 Å². The molecule has 0 bridgehead atoms. The second-order valence-corrected chi connectivity index (χ2v) is 4.35. The van der Waals surface area contributed by atoms with Gasteiger partial charge in [0.25, 0.3) is 0 Å². The summed E-state index contributed by atoms with van der Waals surface area (Å²) in [5, 5.41) is 6.70. The maximum absolute atomic E-state index is 10.6. The molecule has 1 aromatic carbocycles. The van der Waals surface area contributed by atoms with E-state index in [1.54, 1.807) is 12.1 Å². The van der Waals surface area contributed by atoms with E-state index in [-0.39, 0.29) is 34.5 Å². The van der Waals surface area contributed by atoms with E-state index < -0.39 is 10.0 Å². The fourth-order valence-electron chi connectivity index (χ4n) is 0.614. The second-order valence-electron chi connectivity index (χ2n) is 1.96. The van der Waals surface area contributed by atoms with Crippen LogP contribution in [0.3, 0.4) is 0 Å². The smallest absolute Gasteiger partial charge is 0.560 e. The van der Waals surface area contributed by atoms with Crippen LogP contribution in [0.4, 0.5) is 0 Å². The fraction of sp³-hybridized carbons (Fsp3) is 0. The number of benzene rings is 1. The summed E-state index contributed by atoms with van der Waals surface area (Å²) in [7, 11) is -3.79. The summed E-state index contributed by atoms with van der Waals surface area (Å²) in [5.74, 6) is 0. The molecule has 0 saturated heterocycles. The molecule has 0 heterocycles. The summed E-state index contributed by atoms with van der Waals surface area (Å²) >= 11 is 3.16. The van der Waals surface area contributed by atoms with Crippen molar-refractivity contribution in [2.75, 3.05) is 0 Å². The van der Waals surface area contributed by atoms with Crippen molar-refractivity contribution in [1.82, 2.24) is 0 Å². The molecule has 1 N–H and O–H groups in total. The topological polar surface area (TPSA) is 57.9 Å². The van der Waals surface area contributed by atoms with Gasteiger partial charge in [-0.15, -0.1) is 0 Å². The molecule has 0 atom stereocenters. The van der Waals surface area contributed by atoms with Crippen LogP contribution in [0.15, 0.2) is 33.6 Å². The monoisotopic (exact) mass is 257 g/mol. The summed E-state index contributed by atoms with van der Waals surface area (Å²) in [6.07, 6.45) is 0. The minimum atomic E-state index is -3.79. The quantitative estimate of drug-likeness (QED) is 0.619. The van der Waals surface area contributed by atoms with Gasteiger partial charge in [-0.1, -0.05) is 15.9 Å². The molecule has 1 rings (SSSR count). The first-order valence-corrected chi connectivity index (χ1v) is 5.03. The average Bonchev–Trinajstić information content (AvgIpc) is 1.86. The predicted octanol–water partition coefficient (Wildman–Crippen LogP) is -0.806. The van der Waals surface area contributed by atoms with E-state index in [0.717, 1.165) is 4.47 Å². The molecule has 0 aliphatic heterocycles. The van der Waals surface area contributed by atoms with Crippen molar-refractivity contribution in [3.05, 3.63) is 33.9 Å². The zero-order valence-electron chi connectivity index (χ0n) is 6.41. The van der Waals surface area contributed by atoms with Crippen LogP contribution in [0, 0.1) is 0 Å². The second kappa shape index (κ2) is 4.74. The van der Waals surface area contributed by atoms with Gasteiger partial charge in [-0.25, -0.2) is 8.42 Å². The van der Waals surface area contributed by atoms with Crippen molar-refractivity contribution in [2.24, 2.45) is 0 Å². The van der Waals surface area contributed by atoms with Crippen molar-refractivity contribution in [3.63, 3.8) is 0 Å². The number of hydrogen-bond acceptors (Lipinski definition) is 2. The van der Waals surface area contributed by atoms with Crippen molar-refractivity contribution in [1.29, 1.82) is 0 Å². The molecule has 0 fully saturated rings. The van der Waals surface area contributed by atoms with E-state index in [9.17, 15) is 8.42 Å². The zero-order chi connectivity index (χ0) is 8.48. The van der Waals surface area contributed by atoms with Crippen LogP contribution in [0.2, 0.25) is 0 Å². The Kier molecular flexibility index (Phi) is 4.98. The molecule has 3 nitrogen and oxygen atoms in total. The zero-order valence-corrected chi connectivity index (χ0v) is 10.8. The third-order valence-corrected chi connectivity index (χ3v) is 2.55. The van der Waals surface area contributed by atoms with E-state index >= 15 is 0 Å². The van der Waals surface area contributed by atoms with Crippen LogP contribution >= 0.6 is 15.9 Å². The van der Waals surface area contributed by atoms with Crippen LogP contribution in [0.25, 0.3) is 5.14 Å². The third-order valence-electron chi connectivity index (χ3n) is 1.12. The minimum Gasteiger partial charge on any atom is -0.560 e. The maximum atomic E-state index is 10.6. The number of nitrogens with one attached hydrogen (secondary N) is 1. The summed E-state index contributed by atoms with van der Waals surface area (Å²) in [6, 6.07) is 5.93. The Morgan fingerprint density at radius 3 is 1.92 bits per heavy atom. The van der Waals surface area contributed by atoms with Gasteiger partial charge in [0, 0.05) is 9.37 Å². The Morgan fingerprint density at radius 2 is 1.58 bits per heavy atom. The Labute approximate surface area is 102 Å². The molecule has 0 spiro atoms. The number of halogens is 1. The summed E-state index contributed by atoms with van der Waals surface area (Å²) in [4.78, 5) is 0.0145. The molecule has 60 valence electrons. The van der Waals surface area contributed by atoms with Gasteiger partial charge in [-0.05, 0) is 24.3 Å². The fourth-order valence-corrected chi connectivity index (χ4v) is 1.37. The van der Waals surface area contributed by atoms with Crippen LogP contribution in [-0.4, -0.2) is 8.42 Å². The largest absolute Gasteiger partial charge is 1.00 e. The van der Waals surface area contributed by atoms with Crippen LogP contribution < -0.4 is 29.6 Å². The van der Waals surface area contributed by atoms with E-state index in [1.807, 2.05) is 0 Å². The van der Waals surface area contributed by atoms with Gasteiger partial charge in [0.2, 0.25) is 0 Å². The summed E-state index contributed by atoms with van der Waals surface area (Å²) in [6.45, 7) is 0. The summed E-state index contributed by atoms with van der Waals surface area (Å²) < 4.78 is 22.0. The standard InChI is InChI=1S/C6H5BrNO2S.Na/c7-5-1-3-6(4-2-5)11(8,9)10;/h1-4H,(H-,8,9,10);/q-1;+1. The molecule has 6 heteroatoms. The van der Waals surface area contributed by atoms with Crippen LogP contribution in [-0.2, 0) is 10.0 Å². The molecule has 0 aromatic heterocycles. The number of hydrogen-bond donors (Lipinski definition) is 0. The van der Waals surface area contributed by atoms with Crippen molar-refractivity contribution in [2.45, 2.75) is 4.90 Å². The van der Waals surface area contributed by atoms with Gasteiger partial charge in [-0.2, -0.15) is 0 Å². The Bertz CT molecular complexity index is 348. The predicted molar refractivity (Wildman–Crippen MR) is 45.6 cm³/mol. The Balaban J connectivity index is 0.00000121. The van der Waals surface area contributed by atoms with Gasteiger partial charge < -0.3 is 5.14 Å². The van der Waals surface area contributed by atoms with Gasteiger partial charge in [0.05, 0.1) is 10.0 Å². The third kappa shape index (κ3) is 3.55. The Hall–Kier alpha value is 0.610. The van der Waals surface area contributed by atoms with Crippen LogP contribution in [0.5, 0.6) is 0 Å². The molecule has 0 saturated carbocycles. The van der Waals surface area contributed by atoms with Crippen molar-refractivity contribution in [3.8, 4) is 0 Å². The SMILES string of the molecule is [NH-]S(=O)(=O)c1ccc(Br)cc1.[Na+]. The summed E-state index contributed by atoms with van der Waals surface area (Å²) in [5.41, 5.74) is 0. The van der Waals surface area contributed by atoms with E-state index in [0.29, 0.717) is 0 Å². The van der Waals surface area contributed by atoms with Crippen LogP contribution in [0.1, 0.15) is 0 Å². The first kappa shape index (κ1) is 12.6. The maximum Gasteiger partial charge on any atom is 1.00 e. The van der Waals surface area contributed by atoms with Gasteiger partial charge in [-0.3, -0.25) is 0 Å². The first-order valence-electron chi connectivity index (χ1n) is 2.75. The normalized spacial score (nSPS) is 10.5. The molecule has 1 aromatic rings. The molecule has 0 aliphatic carbocycles. The molecule has 0 radical (unpaired) electrons.